The molecule has 1 fully saturated rings. The molecule has 1 aromatic carbocycles. The fourth-order valence-electron chi connectivity index (χ4n) is 1.79. The maximum atomic E-state index is 11.9. The summed E-state index contributed by atoms with van der Waals surface area (Å²) in [6.45, 7) is 2.00. The molecule has 0 saturated heterocycles. The summed E-state index contributed by atoms with van der Waals surface area (Å²) in [4.78, 5) is 11.9. The number of nitrogens with two attached hydrogens (primary N) is 1. The Morgan fingerprint density at radius 1 is 1.59 bits per heavy atom. The van der Waals surface area contributed by atoms with E-state index in [2.05, 4.69) is 27.9 Å². The Bertz CT molecular complexity index is 429. The van der Waals surface area contributed by atoms with E-state index in [0.717, 1.165) is 21.2 Å². The number of hydrogen-bond acceptors (Lipinski definition) is 2. The Hall–Kier alpha value is -0.620. The minimum absolute atomic E-state index is 0.0676. The van der Waals surface area contributed by atoms with Gasteiger partial charge in [-0.15, -0.1) is 0 Å². The first-order valence-electron chi connectivity index (χ1n) is 5.89. The van der Waals surface area contributed by atoms with Crippen LogP contribution < -0.4 is 11.1 Å². The van der Waals surface area contributed by atoms with E-state index in [-0.39, 0.29) is 11.9 Å². The topological polar surface area (TPSA) is 55.1 Å². The van der Waals surface area contributed by atoms with E-state index >= 15 is 0 Å². The van der Waals surface area contributed by atoms with Crippen LogP contribution in [0.1, 0.15) is 24.8 Å². The molecule has 1 aliphatic carbocycles. The lowest BCUT2D eigenvalue weighted by molar-refractivity contribution is -0.117. The van der Waals surface area contributed by atoms with Gasteiger partial charge in [0.2, 0.25) is 5.91 Å². The molecule has 0 aliphatic heterocycles. The maximum Gasteiger partial charge on any atom is 0.241 e. The SMILES string of the molecule is Cc1c(I)cccc1NC(=O)C(N)CC1CC1. The summed E-state index contributed by atoms with van der Waals surface area (Å²) >= 11 is 2.26. The highest BCUT2D eigenvalue weighted by molar-refractivity contribution is 14.1. The van der Waals surface area contributed by atoms with E-state index in [1.807, 2.05) is 25.1 Å². The fourth-order valence-corrected chi connectivity index (χ4v) is 2.29. The molecule has 3 N–H and O–H groups in total. The van der Waals surface area contributed by atoms with Crippen LogP contribution in [-0.2, 0) is 4.79 Å². The number of benzene rings is 1. The van der Waals surface area contributed by atoms with Gasteiger partial charge in [-0.2, -0.15) is 0 Å². The predicted octanol–water partition coefficient (Wildman–Crippen LogP) is 2.67. The summed E-state index contributed by atoms with van der Waals surface area (Å²) in [5.74, 6) is 0.606. The smallest absolute Gasteiger partial charge is 0.241 e. The second kappa shape index (κ2) is 5.35. The molecule has 1 unspecified atom stereocenters. The number of amides is 1. The van der Waals surface area contributed by atoms with Crippen LogP contribution in [0.3, 0.4) is 0 Å². The third kappa shape index (κ3) is 3.42. The molecule has 4 heteroatoms. The predicted molar refractivity (Wildman–Crippen MR) is 77.8 cm³/mol. The van der Waals surface area contributed by atoms with Crippen molar-refractivity contribution in [3.8, 4) is 0 Å². The van der Waals surface area contributed by atoms with Crippen LogP contribution in [0, 0.1) is 16.4 Å². The molecule has 0 spiro atoms. The number of hydrogen-bond donors (Lipinski definition) is 2. The second-order valence-electron chi connectivity index (χ2n) is 4.69. The summed E-state index contributed by atoms with van der Waals surface area (Å²) in [5.41, 5.74) is 7.85. The monoisotopic (exact) mass is 344 g/mol. The lowest BCUT2D eigenvalue weighted by Gasteiger charge is -2.14. The summed E-state index contributed by atoms with van der Waals surface area (Å²) < 4.78 is 1.15. The highest BCUT2D eigenvalue weighted by Gasteiger charge is 2.27. The summed E-state index contributed by atoms with van der Waals surface area (Å²) in [6, 6.07) is 5.51. The first-order valence-corrected chi connectivity index (χ1v) is 6.97. The molecule has 3 nitrogen and oxygen atoms in total. The molecule has 1 atom stereocenters. The van der Waals surface area contributed by atoms with Crippen molar-refractivity contribution >= 4 is 34.2 Å². The van der Waals surface area contributed by atoms with Gasteiger partial charge < -0.3 is 11.1 Å². The van der Waals surface area contributed by atoms with Crippen molar-refractivity contribution in [2.45, 2.75) is 32.2 Å². The van der Waals surface area contributed by atoms with Gasteiger partial charge in [-0.3, -0.25) is 4.79 Å². The van der Waals surface area contributed by atoms with E-state index in [0.29, 0.717) is 5.92 Å². The first kappa shape index (κ1) is 12.8. The van der Waals surface area contributed by atoms with Crippen LogP contribution in [-0.4, -0.2) is 11.9 Å². The minimum atomic E-state index is -0.375. The van der Waals surface area contributed by atoms with Crippen molar-refractivity contribution in [3.05, 3.63) is 27.3 Å². The van der Waals surface area contributed by atoms with Gasteiger partial charge in [0.25, 0.3) is 0 Å². The van der Waals surface area contributed by atoms with Crippen LogP contribution in [0.5, 0.6) is 0 Å². The van der Waals surface area contributed by atoms with Gasteiger partial charge in [0.05, 0.1) is 6.04 Å². The molecule has 1 aliphatic rings. The van der Waals surface area contributed by atoms with Gasteiger partial charge in [0.15, 0.2) is 0 Å². The van der Waals surface area contributed by atoms with E-state index < -0.39 is 0 Å². The van der Waals surface area contributed by atoms with Crippen LogP contribution in [0.25, 0.3) is 0 Å². The molecular weight excluding hydrogens is 327 g/mol. The van der Waals surface area contributed by atoms with E-state index in [1.165, 1.54) is 12.8 Å². The third-order valence-electron chi connectivity index (χ3n) is 3.15. The third-order valence-corrected chi connectivity index (χ3v) is 4.32. The minimum Gasteiger partial charge on any atom is -0.324 e. The Balaban J connectivity index is 1.99. The van der Waals surface area contributed by atoms with Crippen LogP contribution in [0.4, 0.5) is 5.69 Å². The van der Waals surface area contributed by atoms with Gasteiger partial charge in [-0.25, -0.2) is 0 Å². The van der Waals surface area contributed by atoms with Gasteiger partial charge >= 0.3 is 0 Å². The van der Waals surface area contributed by atoms with Gasteiger partial charge in [0, 0.05) is 9.26 Å². The van der Waals surface area contributed by atoms with Crippen LogP contribution >= 0.6 is 22.6 Å². The molecule has 1 amide bonds. The van der Waals surface area contributed by atoms with Crippen LogP contribution in [0.15, 0.2) is 18.2 Å². The zero-order valence-electron chi connectivity index (χ0n) is 9.87. The van der Waals surface area contributed by atoms with E-state index in [4.69, 9.17) is 5.73 Å². The van der Waals surface area contributed by atoms with Crippen molar-refractivity contribution in [2.24, 2.45) is 11.7 Å². The second-order valence-corrected chi connectivity index (χ2v) is 5.85. The number of anilines is 1. The Kier molecular flexibility index (Phi) is 4.04. The zero-order chi connectivity index (χ0) is 12.4. The fraction of sp³-hybridized carbons (Fsp3) is 0.462. The normalized spacial score (nSPS) is 16.6. The molecule has 0 bridgehead atoms. The molecule has 17 heavy (non-hydrogen) atoms. The molecular formula is C13H17IN2O. The quantitative estimate of drug-likeness (QED) is 0.825. The number of halogens is 1. The Labute approximate surface area is 115 Å². The first-order chi connectivity index (χ1) is 8.08. The molecule has 1 saturated carbocycles. The summed E-state index contributed by atoms with van der Waals surface area (Å²) in [6.07, 6.45) is 3.27. The van der Waals surface area contributed by atoms with Gasteiger partial charge in [-0.05, 0) is 59.5 Å². The standard InChI is InChI=1S/C13H17IN2O/c1-8-10(14)3-2-4-12(8)16-13(17)11(15)7-9-5-6-9/h2-4,9,11H,5-7,15H2,1H3,(H,16,17). The number of carbonyl (C=O) groups is 1. The average Bonchev–Trinajstić information content (AvgIpc) is 3.08. The molecule has 0 heterocycles. The van der Waals surface area contributed by atoms with Crippen molar-refractivity contribution in [1.82, 2.24) is 0 Å². The van der Waals surface area contributed by atoms with Crippen molar-refractivity contribution in [1.29, 1.82) is 0 Å². The van der Waals surface area contributed by atoms with Crippen molar-refractivity contribution < 1.29 is 4.79 Å². The highest BCUT2D eigenvalue weighted by Crippen LogP contribution is 2.33. The number of carbonyl (C=O) groups excluding carboxylic acids is 1. The Morgan fingerprint density at radius 3 is 2.94 bits per heavy atom. The summed E-state index contributed by atoms with van der Waals surface area (Å²) in [5, 5.41) is 2.92. The number of rotatable bonds is 4. The highest BCUT2D eigenvalue weighted by atomic mass is 127. The average molecular weight is 344 g/mol. The largest absolute Gasteiger partial charge is 0.324 e. The zero-order valence-corrected chi connectivity index (χ0v) is 12.0. The van der Waals surface area contributed by atoms with E-state index in [9.17, 15) is 4.79 Å². The molecule has 2 rings (SSSR count). The van der Waals surface area contributed by atoms with Gasteiger partial charge in [-0.1, -0.05) is 18.9 Å². The lowest BCUT2D eigenvalue weighted by Crippen LogP contribution is -2.36. The van der Waals surface area contributed by atoms with E-state index in [1.54, 1.807) is 0 Å². The number of nitrogens with one attached hydrogen (secondary N) is 1. The van der Waals surface area contributed by atoms with Crippen molar-refractivity contribution in [3.63, 3.8) is 0 Å². The van der Waals surface area contributed by atoms with Gasteiger partial charge in [0.1, 0.15) is 0 Å². The Morgan fingerprint density at radius 2 is 2.29 bits per heavy atom. The van der Waals surface area contributed by atoms with Crippen molar-refractivity contribution in [2.75, 3.05) is 5.32 Å². The molecule has 0 radical (unpaired) electrons. The summed E-state index contributed by atoms with van der Waals surface area (Å²) in [7, 11) is 0. The molecule has 1 aromatic rings. The molecule has 0 aromatic heterocycles. The lowest BCUT2D eigenvalue weighted by atomic mass is 10.1. The maximum absolute atomic E-state index is 11.9. The van der Waals surface area contributed by atoms with Crippen LogP contribution in [0.2, 0.25) is 0 Å². The molecule has 92 valence electrons.